The van der Waals surface area contributed by atoms with Crippen LogP contribution in [0.5, 0.6) is 5.75 Å². The third kappa shape index (κ3) is 4.42. The predicted molar refractivity (Wildman–Crippen MR) is 92.3 cm³/mol. The van der Waals surface area contributed by atoms with Gasteiger partial charge in [0.25, 0.3) is 0 Å². The van der Waals surface area contributed by atoms with E-state index in [1.54, 1.807) is 0 Å². The number of hydrogen-bond acceptors (Lipinski definition) is 5. The first-order valence-corrected chi connectivity index (χ1v) is 7.74. The van der Waals surface area contributed by atoms with E-state index < -0.39 is 11.0 Å². The van der Waals surface area contributed by atoms with Crippen molar-refractivity contribution < 1.29 is 14.8 Å². The summed E-state index contributed by atoms with van der Waals surface area (Å²) in [6.07, 6.45) is 1.79. The number of aromatic nitrogens is 2. The van der Waals surface area contributed by atoms with Crippen molar-refractivity contribution in [1.29, 1.82) is 0 Å². The molecule has 0 fully saturated rings. The Labute approximate surface area is 144 Å². The molecule has 0 spiro atoms. The lowest BCUT2D eigenvalue weighted by atomic mass is 10.1. The zero-order valence-corrected chi connectivity index (χ0v) is 13.4. The molecule has 0 aliphatic heterocycles. The molecule has 0 saturated carbocycles. The zero-order chi connectivity index (χ0) is 17.6. The molecule has 128 valence electrons. The molecule has 2 aromatic carbocycles. The number of imidazole rings is 1. The van der Waals surface area contributed by atoms with E-state index >= 15 is 0 Å². The molecule has 1 atom stereocenters. The van der Waals surface area contributed by atoms with Gasteiger partial charge in [-0.3, -0.25) is 0 Å². The third-order valence-electron chi connectivity index (χ3n) is 3.63. The smallest absolute Gasteiger partial charge is 0.381 e. The van der Waals surface area contributed by atoms with E-state index in [9.17, 15) is 15.2 Å². The fraction of sp³-hybridized carbons (Fsp3) is 0.167. The first-order valence-electron chi connectivity index (χ1n) is 7.74. The van der Waals surface area contributed by atoms with Crippen LogP contribution in [0.1, 0.15) is 0 Å². The Balaban J connectivity index is 1.53. The molecule has 1 N–H and O–H groups in total. The van der Waals surface area contributed by atoms with Crippen LogP contribution in [-0.4, -0.2) is 32.3 Å². The minimum Gasteiger partial charge on any atom is -0.491 e. The van der Waals surface area contributed by atoms with Gasteiger partial charge in [-0.05, 0) is 33.2 Å². The molecule has 0 aliphatic carbocycles. The fourth-order valence-corrected chi connectivity index (χ4v) is 2.41. The van der Waals surface area contributed by atoms with Gasteiger partial charge < -0.3 is 24.5 Å². The zero-order valence-electron chi connectivity index (χ0n) is 13.4. The standard InChI is InChI=1S/C18H17N3O4/c22-16(10-20-11-18(19-13-20)21(23)24)12-25-17-8-6-15(7-9-17)14-4-2-1-3-5-14/h1-9,11,13,16,22H,10,12H2. The van der Waals surface area contributed by atoms with Crippen LogP contribution < -0.4 is 4.74 Å². The van der Waals surface area contributed by atoms with Gasteiger partial charge in [0.05, 0.1) is 6.54 Å². The van der Waals surface area contributed by atoms with E-state index in [1.807, 2.05) is 54.6 Å². The Morgan fingerprint density at radius 3 is 2.44 bits per heavy atom. The van der Waals surface area contributed by atoms with Gasteiger partial charge in [0.15, 0.2) is 0 Å². The van der Waals surface area contributed by atoms with Crippen molar-refractivity contribution in [3.8, 4) is 16.9 Å². The molecular formula is C18H17N3O4. The Kier molecular flexibility index (Phi) is 5.06. The molecule has 7 nitrogen and oxygen atoms in total. The van der Waals surface area contributed by atoms with Gasteiger partial charge in [-0.1, -0.05) is 42.5 Å². The van der Waals surface area contributed by atoms with Crippen LogP contribution in [-0.2, 0) is 6.54 Å². The number of rotatable bonds is 7. The van der Waals surface area contributed by atoms with Gasteiger partial charge in [-0.2, -0.15) is 0 Å². The highest BCUT2D eigenvalue weighted by Crippen LogP contribution is 2.22. The second-order valence-electron chi connectivity index (χ2n) is 5.54. The molecule has 0 radical (unpaired) electrons. The van der Waals surface area contributed by atoms with Crippen LogP contribution >= 0.6 is 0 Å². The van der Waals surface area contributed by atoms with Crippen LogP contribution in [0, 0.1) is 10.1 Å². The summed E-state index contributed by atoms with van der Waals surface area (Å²) in [6.45, 7) is 0.250. The number of nitrogens with zero attached hydrogens (tertiary/aromatic N) is 3. The predicted octanol–water partition coefficient (Wildman–Crippen LogP) is 2.90. The largest absolute Gasteiger partial charge is 0.491 e. The maximum Gasteiger partial charge on any atom is 0.381 e. The summed E-state index contributed by atoms with van der Waals surface area (Å²) in [5.41, 5.74) is 2.20. The molecule has 0 bridgehead atoms. The van der Waals surface area contributed by atoms with Gasteiger partial charge in [-0.15, -0.1) is 0 Å². The van der Waals surface area contributed by atoms with E-state index in [0.29, 0.717) is 5.75 Å². The van der Waals surface area contributed by atoms with Crippen LogP contribution in [0.15, 0.2) is 67.1 Å². The molecule has 1 aromatic heterocycles. The number of hydrogen-bond donors (Lipinski definition) is 1. The minimum absolute atomic E-state index is 0.0800. The van der Waals surface area contributed by atoms with Crippen LogP contribution in [0.2, 0.25) is 0 Å². The average molecular weight is 339 g/mol. The van der Waals surface area contributed by atoms with Crippen molar-refractivity contribution in [2.75, 3.05) is 6.61 Å². The summed E-state index contributed by atoms with van der Waals surface area (Å²) in [7, 11) is 0. The third-order valence-corrected chi connectivity index (χ3v) is 3.63. The molecule has 0 aliphatic rings. The first-order chi connectivity index (χ1) is 12.1. The molecular weight excluding hydrogens is 322 g/mol. The van der Waals surface area contributed by atoms with Crippen LogP contribution in [0.4, 0.5) is 5.82 Å². The molecule has 0 saturated heterocycles. The van der Waals surface area contributed by atoms with Crippen LogP contribution in [0.3, 0.4) is 0 Å². The van der Waals surface area contributed by atoms with E-state index in [1.165, 1.54) is 17.1 Å². The highest BCUT2D eigenvalue weighted by Gasteiger charge is 2.13. The van der Waals surface area contributed by atoms with Gasteiger partial charge in [-0.25, -0.2) is 0 Å². The van der Waals surface area contributed by atoms with Crippen LogP contribution in [0.25, 0.3) is 11.1 Å². The maximum atomic E-state index is 10.6. The molecule has 1 heterocycles. The van der Waals surface area contributed by atoms with Crippen molar-refractivity contribution >= 4 is 5.82 Å². The number of nitro groups is 1. The lowest BCUT2D eigenvalue weighted by Gasteiger charge is -2.12. The summed E-state index contributed by atoms with van der Waals surface area (Å²) in [4.78, 5) is 13.6. The molecule has 7 heteroatoms. The lowest BCUT2D eigenvalue weighted by Crippen LogP contribution is -2.23. The van der Waals surface area contributed by atoms with Gasteiger partial charge >= 0.3 is 5.82 Å². The Morgan fingerprint density at radius 1 is 1.12 bits per heavy atom. The second-order valence-corrected chi connectivity index (χ2v) is 5.54. The number of aliphatic hydroxyl groups is 1. The van der Waals surface area contributed by atoms with E-state index in [2.05, 4.69) is 4.98 Å². The highest BCUT2D eigenvalue weighted by molar-refractivity contribution is 5.63. The average Bonchev–Trinajstić information content (AvgIpc) is 3.10. The number of aliphatic hydroxyl groups excluding tert-OH is 1. The van der Waals surface area contributed by atoms with Crippen molar-refractivity contribution in [1.82, 2.24) is 9.55 Å². The van der Waals surface area contributed by atoms with Gasteiger partial charge in [0, 0.05) is 0 Å². The van der Waals surface area contributed by atoms with Crippen molar-refractivity contribution in [2.45, 2.75) is 12.6 Å². The van der Waals surface area contributed by atoms with E-state index in [-0.39, 0.29) is 19.0 Å². The Hall–Kier alpha value is -3.19. The van der Waals surface area contributed by atoms with Gasteiger partial charge in [0.2, 0.25) is 6.33 Å². The monoisotopic (exact) mass is 339 g/mol. The topological polar surface area (TPSA) is 90.4 Å². The summed E-state index contributed by atoms with van der Waals surface area (Å²) >= 11 is 0. The molecule has 3 aromatic rings. The summed E-state index contributed by atoms with van der Waals surface area (Å²) in [5.74, 6) is 0.403. The minimum atomic E-state index is -0.803. The molecule has 0 amide bonds. The quantitative estimate of drug-likeness (QED) is 0.528. The Morgan fingerprint density at radius 2 is 1.80 bits per heavy atom. The van der Waals surface area contributed by atoms with Crippen molar-refractivity contribution in [3.05, 3.63) is 77.2 Å². The molecule has 25 heavy (non-hydrogen) atoms. The number of benzene rings is 2. The van der Waals surface area contributed by atoms with Crippen molar-refractivity contribution in [2.24, 2.45) is 0 Å². The van der Waals surface area contributed by atoms with Crippen molar-refractivity contribution in [3.63, 3.8) is 0 Å². The molecule has 1 unspecified atom stereocenters. The molecule has 3 rings (SSSR count). The normalized spacial score (nSPS) is 11.9. The fourth-order valence-electron chi connectivity index (χ4n) is 2.41. The first kappa shape index (κ1) is 16.7. The Bertz CT molecular complexity index is 831. The summed E-state index contributed by atoms with van der Waals surface area (Å²) in [6, 6.07) is 17.6. The lowest BCUT2D eigenvalue weighted by molar-refractivity contribution is -0.389. The summed E-state index contributed by atoms with van der Waals surface area (Å²) in [5, 5.41) is 20.6. The SMILES string of the molecule is O=[N+]([O-])c1cn(CC(O)COc2ccc(-c3ccccc3)cc2)cn1. The highest BCUT2D eigenvalue weighted by atomic mass is 16.6. The van der Waals surface area contributed by atoms with E-state index in [0.717, 1.165) is 11.1 Å². The van der Waals surface area contributed by atoms with E-state index in [4.69, 9.17) is 4.74 Å². The summed E-state index contributed by atoms with van der Waals surface area (Å²) < 4.78 is 7.03. The van der Waals surface area contributed by atoms with Gasteiger partial charge in [0.1, 0.15) is 24.7 Å². The maximum absolute atomic E-state index is 10.6. The second kappa shape index (κ2) is 7.59. The number of ether oxygens (including phenoxy) is 1.